The smallest absolute Gasteiger partial charge is 0.330 e. The zero-order valence-corrected chi connectivity index (χ0v) is 33.1. The van der Waals surface area contributed by atoms with E-state index in [1.165, 1.54) is 31.4 Å². The number of nitrogens with zero attached hydrogens (tertiary/aromatic N) is 1. The molecule has 4 aliphatic rings. The predicted molar refractivity (Wildman–Crippen MR) is 212 cm³/mol. The van der Waals surface area contributed by atoms with Gasteiger partial charge < -0.3 is 39.0 Å². The lowest BCUT2D eigenvalue weighted by molar-refractivity contribution is -0.165. The van der Waals surface area contributed by atoms with Gasteiger partial charge in [-0.15, -0.1) is 0 Å². The van der Waals surface area contributed by atoms with E-state index >= 15 is 0 Å². The maximum absolute atomic E-state index is 14.7. The molecule has 3 aromatic rings. The lowest BCUT2D eigenvalue weighted by atomic mass is 9.92. The molecule has 12 atom stereocenters. The lowest BCUT2D eigenvalue weighted by Crippen LogP contribution is -2.55. The van der Waals surface area contributed by atoms with Gasteiger partial charge >= 0.3 is 17.9 Å². The number of aliphatic hydroxyl groups excluding tert-OH is 3. The van der Waals surface area contributed by atoms with Crippen molar-refractivity contribution in [2.45, 2.75) is 74.2 Å². The fourth-order valence-electron chi connectivity index (χ4n) is 7.01. The molecule has 15 heteroatoms. The molecular weight excluding hydrogens is 787 g/mol. The summed E-state index contributed by atoms with van der Waals surface area (Å²) in [6.07, 6.45) is -4.04. The Morgan fingerprint density at radius 1 is 0.583 bits per heavy atom. The molecule has 0 aromatic heterocycles. The second kappa shape index (κ2) is 22.4. The van der Waals surface area contributed by atoms with Crippen molar-refractivity contribution >= 4 is 17.9 Å². The standard InChI is InChI=1S/C17H20FNO4.C14H15FO4.C14H15FO3/c18-15(12-4-2-1-3-5-12)16(21)17-13(6-7-14(20)23-17)19-8-10-22-11-9-19;1-18-10-7-8-11(16)19-14(10)13(17)12(15)9-5-3-2-4-6-9;1-9-7-8-11(16)18-14(9)13(17)12(15)10-5-3-2-4-6-10/h1-7,13,15-17,21H,8-11H2;2-8,10,12-14,17H,1H3;2-9,12-14,17H,1H3/t13?,15?,16?,17-;;/m1../s1. The first-order valence-corrected chi connectivity index (χ1v) is 19.5. The quantitative estimate of drug-likeness (QED) is 0.176. The van der Waals surface area contributed by atoms with Gasteiger partial charge in [0.05, 0.1) is 19.3 Å². The van der Waals surface area contributed by atoms with Crippen molar-refractivity contribution in [1.82, 2.24) is 4.90 Å². The van der Waals surface area contributed by atoms with Crippen LogP contribution in [0.2, 0.25) is 0 Å². The number of carbonyl (C=O) groups is 3. The number of rotatable bonds is 11. The highest BCUT2D eigenvalue weighted by atomic mass is 19.1. The lowest BCUT2D eigenvalue weighted by Gasteiger charge is -2.40. The second-order valence-electron chi connectivity index (χ2n) is 14.4. The molecule has 0 saturated carbocycles. The van der Waals surface area contributed by atoms with E-state index in [1.807, 2.05) is 4.90 Å². The summed E-state index contributed by atoms with van der Waals surface area (Å²) in [6, 6.07) is 24.7. The molecule has 4 heterocycles. The number of morpholine rings is 1. The molecule has 4 aliphatic heterocycles. The molecule has 1 saturated heterocycles. The van der Waals surface area contributed by atoms with E-state index in [1.54, 1.807) is 110 Å². The van der Waals surface area contributed by atoms with Gasteiger partial charge in [0.15, 0.2) is 30.7 Å². The molecule has 0 spiro atoms. The van der Waals surface area contributed by atoms with Crippen molar-refractivity contribution in [3.63, 3.8) is 0 Å². The Hall–Kier alpha value is -5.16. The van der Waals surface area contributed by atoms with Crippen LogP contribution >= 0.6 is 0 Å². The topological polar surface area (TPSA) is 161 Å². The highest BCUT2D eigenvalue weighted by Gasteiger charge is 2.42. The highest BCUT2D eigenvalue weighted by molar-refractivity contribution is 5.84. The van der Waals surface area contributed by atoms with Crippen LogP contribution in [0.3, 0.4) is 0 Å². The van der Waals surface area contributed by atoms with E-state index in [-0.39, 0.29) is 12.0 Å². The van der Waals surface area contributed by atoms with E-state index in [4.69, 9.17) is 23.7 Å². The molecule has 1 fully saturated rings. The minimum Gasteiger partial charge on any atom is -0.456 e. The Kier molecular flexibility index (Phi) is 17.2. The van der Waals surface area contributed by atoms with Crippen LogP contribution in [0.1, 0.15) is 42.1 Å². The van der Waals surface area contributed by atoms with Crippen molar-refractivity contribution in [2.75, 3.05) is 33.4 Å². The molecule has 3 aromatic carbocycles. The number of alkyl halides is 3. The molecule has 322 valence electrons. The molecule has 7 rings (SSSR count). The van der Waals surface area contributed by atoms with E-state index in [9.17, 15) is 42.9 Å². The van der Waals surface area contributed by atoms with Crippen molar-refractivity contribution in [1.29, 1.82) is 0 Å². The van der Waals surface area contributed by atoms with E-state index in [2.05, 4.69) is 0 Å². The van der Waals surface area contributed by atoms with Gasteiger partial charge in [-0.05, 0) is 22.8 Å². The third-order valence-electron chi connectivity index (χ3n) is 10.3. The number of carbonyl (C=O) groups excluding carboxylic acids is 3. The number of methoxy groups -OCH3 is 1. The Morgan fingerprint density at radius 3 is 1.43 bits per heavy atom. The average molecular weight is 838 g/mol. The summed E-state index contributed by atoms with van der Waals surface area (Å²) >= 11 is 0. The van der Waals surface area contributed by atoms with Gasteiger partial charge in [-0.3, -0.25) is 4.90 Å². The minimum absolute atomic E-state index is 0.209. The molecule has 60 heavy (non-hydrogen) atoms. The summed E-state index contributed by atoms with van der Waals surface area (Å²) in [5, 5.41) is 30.5. The molecule has 0 radical (unpaired) electrons. The van der Waals surface area contributed by atoms with E-state index in [0.29, 0.717) is 43.0 Å². The number of hydrogen-bond donors (Lipinski definition) is 3. The normalized spacial score (nSPS) is 26.9. The number of aliphatic hydroxyl groups is 3. The Bertz CT molecular complexity index is 1900. The van der Waals surface area contributed by atoms with Gasteiger partial charge in [-0.25, -0.2) is 27.6 Å². The van der Waals surface area contributed by atoms with Gasteiger partial charge in [0.1, 0.15) is 30.5 Å². The third-order valence-corrected chi connectivity index (χ3v) is 10.3. The Balaban J connectivity index is 0.000000172. The summed E-state index contributed by atoms with van der Waals surface area (Å²) in [7, 11) is 1.41. The zero-order valence-electron chi connectivity index (χ0n) is 33.1. The largest absolute Gasteiger partial charge is 0.456 e. The van der Waals surface area contributed by atoms with E-state index < -0.39 is 79.2 Å². The summed E-state index contributed by atoms with van der Waals surface area (Å²) in [5.41, 5.74) is 1.07. The van der Waals surface area contributed by atoms with Gasteiger partial charge in [-0.1, -0.05) is 110 Å². The van der Waals surface area contributed by atoms with Crippen LogP contribution in [0.5, 0.6) is 0 Å². The number of ether oxygens (including phenoxy) is 5. The van der Waals surface area contributed by atoms with Crippen molar-refractivity contribution in [2.24, 2.45) is 5.92 Å². The molecule has 0 bridgehead atoms. The first-order chi connectivity index (χ1) is 28.9. The summed E-state index contributed by atoms with van der Waals surface area (Å²) in [5.74, 6) is -1.92. The summed E-state index contributed by atoms with van der Waals surface area (Å²) < 4.78 is 68.6. The maximum atomic E-state index is 14.7. The van der Waals surface area contributed by atoms with Crippen LogP contribution in [0.15, 0.2) is 127 Å². The third kappa shape index (κ3) is 12.2. The number of esters is 3. The highest BCUT2D eigenvalue weighted by Crippen LogP contribution is 2.32. The number of benzene rings is 3. The predicted octanol–water partition coefficient (Wildman–Crippen LogP) is 4.97. The molecule has 12 nitrogen and oxygen atoms in total. The monoisotopic (exact) mass is 837 g/mol. The van der Waals surface area contributed by atoms with Crippen LogP contribution < -0.4 is 0 Å². The number of hydrogen-bond acceptors (Lipinski definition) is 12. The molecule has 3 N–H and O–H groups in total. The fraction of sp³-hybridized carbons (Fsp3) is 0.400. The van der Waals surface area contributed by atoms with Crippen LogP contribution in [-0.4, -0.2) is 120 Å². The summed E-state index contributed by atoms with van der Waals surface area (Å²) in [6.45, 7) is 4.21. The van der Waals surface area contributed by atoms with Gasteiger partial charge in [0.2, 0.25) is 0 Å². The van der Waals surface area contributed by atoms with Gasteiger partial charge in [-0.2, -0.15) is 0 Å². The Labute approximate surface area is 346 Å². The van der Waals surface area contributed by atoms with Crippen LogP contribution in [0, 0.1) is 5.92 Å². The van der Waals surface area contributed by atoms with Crippen molar-refractivity contribution < 1.29 is 66.6 Å². The van der Waals surface area contributed by atoms with Crippen molar-refractivity contribution in [3.05, 3.63) is 144 Å². The molecule has 11 unspecified atom stereocenters. The SMILES string of the molecule is CC1C=CC(=O)OC1C(O)C(F)c1ccccc1.COC1C=CC(=O)OC1C(O)C(F)c1ccccc1.O=C1C=CC(N2CCOCC2)[C@H](C(O)C(F)c2ccccc2)O1. The first kappa shape index (κ1) is 45.9. The number of halogens is 3. The number of cyclic esters (lactones) is 3. The Morgan fingerprint density at radius 2 is 0.967 bits per heavy atom. The van der Waals surface area contributed by atoms with Gasteiger partial charge in [0.25, 0.3) is 0 Å². The fourth-order valence-corrected chi connectivity index (χ4v) is 7.01. The van der Waals surface area contributed by atoms with E-state index in [0.717, 1.165) is 0 Å². The van der Waals surface area contributed by atoms with Crippen LogP contribution in [-0.2, 0) is 38.1 Å². The minimum atomic E-state index is -1.65. The average Bonchev–Trinajstić information content (AvgIpc) is 3.29. The first-order valence-electron chi connectivity index (χ1n) is 19.5. The van der Waals surface area contributed by atoms with Crippen LogP contribution in [0.25, 0.3) is 0 Å². The maximum Gasteiger partial charge on any atom is 0.330 e. The van der Waals surface area contributed by atoms with Gasteiger partial charge in [0, 0.05) is 44.3 Å². The summed E-state index contributed by atoms with van der Waals surface area (Å²) in [4.78, 5) is 36.0. The molecular formula is C45H50F3NO11. The van der Waals surface area contributed by atoms with Crippen molar-refractivity contribution in [3.8, 4) is 0 Å². The molecule has 0 amide bonds. The second-order valence-corrected chi connectivity index (χ2v) is 14.4. The van der Waals surface area contributed by atoms with Crippen LogP contribution in [0.4, 0.5) is 13.2 Å². The zero-order chi connectivity index (χ0) is 43.2. The molecule has 0 aliphatic carbocycles.